The number of aryl methyl sites for hydroxylation is 2. The number of carbonyl (C=O) groups is 1. The topological polar surface area (TPSA) is 50.4 Å². The van der Waals surface area contributed by atoms with Crippen molar-refractivity contribution in [2.75, 3.05) is 0 Å². The Hall–Kier alpha value is -2.55. The second-order valence-electron chi connectivity index (χ2n) is 5.27. The fourth-order valence-electron chi connectivity index (χ4n) is 2.67. The van der Waals surface area contributed by atoms with E-state index in [1.54, 1.807) is 6.92 Å². The normalized spacial score (nSPS) is 11.0. The van der Waals surface area contributed by atoms with Crippen LogP contribution in [0.15, 0.2) is 46.9 Å². The van der Waals surface area contributed by atoms with Gasteiger partial charge in [-0.3, -0.25) is 0 Å². The van der Waals surface area contributed by atoms with Crippen molar-refractivity contribution in [1.29, 1.82) is 0 Å². The van der Waals surface area contributed by atoms with Gasteiger partial charge in [-0.1, -0.05) is 30.3 Å². The van der Waals surface area contributed by atoms with Crippen molar-refractivity contribution in [1.82, 2.24) is 0 Å². The third-order valence-corrected chi connectivity index (χ3v) is 3.80. The number of furan rings is 1. The standard InChI is InChI=1S/C18H16O3/c1-11-5-3-4-6-14(11)9-13-7-8-16-15(10-13)17(18(19)20)12(2)21-16/h3-8,10H,9H2,1-2H3,(H,19,20). The Morgan fingerprint density at radius 3 is 2.62 bits per heavy atom. The molecule has 1 N–H and O–H groups in total. The first-order valence-electron chi connectivity index (χ1n) is 6.86. The molecule has 0 bridgehead atoms. The zero-order valence-corrected chi connectivity index (χ0v) is 12.0. The molecule has 0 saturated carbocycles. The van der Waals surface area contributed by atoms with Gasteiger partial charge in [0.2, 0.25) is 0 Å². The summed E-state index contributed by atoms with van der Waals surface area (Å²) >= 11 is 0. The van der Waals surface area contributed by atoms with Gasteiger partial charge < -0.3 is 9.52 Å². The Kier molecular flexibility index (Phi) is 3.26. The minimum atomic E-state index is -0.945. The Balaban J connectivity index is 2.07. The van der Waals surface area contributed by atoms with Gasteiger partial charge in [-0.05, 0) is 49.1 Å². The van der Waals surface area contributed by atoms with Gasteiger partial charge in [-0.2, -0.15) is 0 Å². The van der Waals surface area contributed by atoms with E-state index < -0.39 is 5.97 Å². The zero-order chi connectivity index (χ0) is 15.0. The average Bonchev–Trinajstić information content (AvgIpc) is 2.76. The molecule has 0 fully saturated rings. The van der Waals surface area contributed by atoms with E-state index in [0.717, 1.165) is 12.0 Å². The number of hydrogen-bond acceptors (Lipinski definition) is 2. The van der Waals surface area contributed by atoms with Crippen LogP contribution >= 0.6 is 0 Å². The van der Waals surface area contributed by atoms with Gasteiger partial charge in [0, 0.05) is 5.39 Å². The molecule has 0 aliphatic rings. The lowest BCUT2D eigenvalue weighted by Crippen LogP contribution is -1.97. The summed E-state index contributed by atoms with van der Waals surface area (Å²) in [6.45, 7) is 3.77. The van der Waals surface area contributed by atoms with Gasteiger partial charge in [0.25, 0.3) is 0 Å². The third-order valence-electron chi connectivity index (χ3n) is 3.80. The third kappa shape index (κ3) is 2.42. The van der Waals surface area contributed by atoms with Crippen LogP contribution in [-0.4, -0.2) is 11.1 Å². The largest absolute Gasteiger partial charge is 0.478 e. The molecule has 3 nitrogen and oxygen atoms in total. The molecule has 0 atom stereocenters. The average molecular weight is 280 g/mol. The van der Waals surface area contributed by atoms with Crippen LogP contribution in [0.3, 0.4) is 0 Å². The van der Waals surface area contributed by atoms with Gasteiger partial charge in [0.05, 0.1) is 0 Å². The Morgan fingerprint density at radius 2 is 1.90 bits per heavy atom. The molecule has 0 amide bonds. The monoisotopic (exact) mass is 280 g/mol. The highest BCUT2D eigenvalue weighted by Gasteiger charge is 2.17. The molecule has 0 aliphatic heterocycles. The van der Waals surface area contributed by atoms with Crippen molar-refractivity contribution >= 4 is 16.9 Å². The van der Waals surface area contributed by atoms with E-state index in [9.17, 15) is 9.90 Å². The quantitative estimate of drug-likeness (QED) is 0.776. The molecule has 21 heavy (non-hydrogen) atoms. The molecule has 0 spiro atoms. The molecule has 3 heteroatoms. The predicted octanol–water partition coefficient (Wildman–Crippen LogP) is 4.34. The van der Waals surface area contributed by atoms with Crippen molar-refractivity contribution in [2.24, 2.45) is 0 Å². The van der Waals surface area contributed by atoms with Crippen LogP contribution in [0.5, 0.6) is 0 Å². The summed E-state index contributed by atoms with van der Waals surface area (Å²) in [7, 11) is 0. The van der Waals surface area contributed by atoms with Gasteiger partial charge in [-0.25, -0.2) is 4.79 Å². The van der Waals surface area contributed by atoms with Gasteiger partial charge in [0.15, 0.2) is 0 Å². The Labute approximate surface area is 122 Å². The lowest BCUT2D eigenvalue weighted by Gasteiger charge is -2.05. The van der Waals surface area contributed by atoms with E-state index in [1.807, 2.05) is 30.3 Å². The van der Waals surface area contributed by atoms with E-state index >= 15 is 0 Å². The molecular weight excluding hydrogens is 264 g/mol. The van der Waals surface area contributed by atoms with Crippen LogP contribution in [0.1, 0.15) is 32.8 Å². The number of fused-ring (bicyclic) bond motifs is 1. The first-order chi connectivity index (χ1) is 10.1. The maximum absolute atomic E-state index is 11.4. The SMILES string of the molecule is Cc1ccccc1Cc1ccc2oc(C)c(C(=O)O)c2c1. The maximum atomic E-state index is 11.4. The minimum Gasteiger partial charge on any atom is -0.478 e. The smallest absolute Gasteiger partial charge is 0.339 e. The van der Waals surface area contributed by atoms with Gasteiger partial charge >= 0.3 is 5.97 Å². The number of rotatable bonds is 3. The molecule has 0 saturated heterocycles. The molecule has 1 aromatic heterocycles. The summed E-state index contributed by atoms with van der Waals surface area (Å²) in [5, 5.41) is 9.99. The van der Waals surface area contributed by atoms with Crippen molar-refractivity contribution in [2.45, 2.75) is 20.3 Å². The van der Waals surface area contributed by atoms with Gasteiger partial charge in [-0.15, -0.1) is 0 Å². The summed E-state index contributed by atoms with van der Waals surface area (Å²) in [5.41, 5.74) is 4.45. The van der Waals surface area contributed by atoms with E-state index in [2.05, 4.69) is 19.1 Å². The van der Waals surface area contributed by atoms with Crippen LogP contribution < -0.4 is 0 Å². The Bertz CT molecular complexity index is 828. The predicted molar refractivity (Wildman–Crippen MR) is 81.9 cm³/mol. The van der Waals surface area contributed by atoms with E-state index in [-0.39, 0.29) is 5.56 Å². The lowest BCUT2D eigenvalue weighted by molar-refractivity contribution is 0.0697. The number of benzene rings is 2. The fourth-order valence-corrected chi connectivity index (χ4v) is 2.67. The molecule has 106 valence electrons. The molecule has 1 heterocycles. The number of hydrogen-bond donors (Lipinski definition) is 1. The van der Waals surface area contributed by atoms with E-state index in [0.29, 0.717) is 16.7 Å². The summed E-state index contributed by atoms with van der Waals surface area (Å²) < 4.78 is 5.51. The van der Waals surface area contributed by atoms with Gasteiger partial charge in [0.1, 0.15) is 16.9 Å². The van der Waals surface area contributed by atoms with E-state index in [4.69, 9.17) is 4.42 Å². The molecule has 0 radical (unpaired) electrons. The fraction of sp³-hybridized carbons (Fsp3) is 0.167. The zero-order valence-electron chi connectivity index (χ0n) is 12.0. The second-order valence-corrected chi connectivity index (χ2v) is 5.27. The molecule has 3 rings (SSSR count). The van der Waals surface area contributed by atoms with Crippen molar-refractivity contribution in [3.63, 3.8) is 0 Å². The molecule has 0 unspecified atom stereocenters. The van der Waals surface area contributed by atoms with Crippen molar-refractivity contribution in [3.8, 4) is 0 Å². The minimum absolute atomic E-state index is 0.261. The van der Waals surface area contributed by atoms with Crippen LogP contribution in [0.2, 0.25) is 0 Å². The highest BCUT2D eigenvalue weighted by Crippen LogP contribution is 2.27. The summed E-state index contributed by atoms with van der Waals surface area (Å²) in [6, 6.07) is 14.0. The Morgan fingerprint density at radius 1 is 1.14 bits per heavy atom. The lowest BCUT2D eigenvalue weighted by atomic mass is 9.99. The molecule has 3 aromatic rings. The van der Waals surface area contributed by atoms with Crippen LogP contribution in [0.4, 0.5) is 0 Å². The van der Waals surface area contributed by atoms with Crippen molar-refractivity contribution < 1.29 is 14.3 Å². The molecule has 2 aromatic carbocycles. The number of aromatic carboxylic acids is 1. The highest BCUT2D eigenvalue weighted by molar-refractivity contribution is 6.03. The molecule has 0 aliphatic carbocycles. The van der Waals surface area contributed by atoms with Crippen LogP contribution in [0, 0.1) is 13.8 Å². The first-order valence-corrected chi connectivity index (χ1v) is 6.86. The van der Waals surface area contributed by atoms with E-state index in [1.165, 1.54) is 11.1 Å². The van der Waals surface area contributed by atoms with Crippen LogP contribution in [0.25, 0.3) is 11.0 Å². The first kappa shape index (κ1) is 13.4. The second kappa shape index (κ2) is 5.09. The molecular formula is C18H16O3. The summed E-state index contributed by atoms with van der Waals surface area (Å²) in [6.07, 6.45) is 0.784. The summed E-state index contributed by atoms with van der Waals surface area (Å²) in [4.78, 5) is 11.4. The number of carboxylic acid groups (broad SMARTS) is 1. The van der Waals surface area contributed by atoms with Crippen LogP contribution in [-0.2, 0) is 6.42 Å². The maximum Gasteiger partial charge on any atom is 0.339 e. The van der Waals surface area contributed by atoms with Crippen molar-refractivity contribution in [3.05, 3.63) is 70.5 Å². The summed E-state index contributed by atoms with van der Waals surface area (Å²) in [5.74, 6) is -0.496. The number of carboxylic acids is 1. The highest BCUT2D eigenvalue weighted by atomic mass is 16.4.